The van der Waals surface area contributed by atoms with Crippen LogP contribution in [-0.4, -0.2) is 13.5 Å². The van der Waals surface area contributed by atoms with Crippen molar-refractivity contribution in [1.29, 1.82) is 5.26 Å². The van der Waals surface area contributed by atoms with Crippen LogP contribution in [0.15, 0.2) is 17.0 Å². The minimum Gasteiger partial charge on any atom is -0.506 e. The second-order valence-electron chi connectivity index (χ2n) is 2.35. The molecule has 0 atom stereocenters. The molecule has 0 spiro atoms. The summed E-state index contributed by atoms with van der Waals surface area (Å²) in [6.45, 7) is 0. The third-order valence-corrected chi connectivity index (χ3v) is 3.16. The first-order chi connectivity index (χ1) is 6.36. The fourth-order valence-electron chi connectivity index (χ4n) is 0.805. The van der Waals surface area contributed by atoms with Gasteiger partial charge in [0.25, 0.3) is 9.05 Å². The number of hydrogen-bond acceptors (Lipinski definition) is 4. The molecule has 1 aromatic carbocycles. The number of rotatable bonds is 1. The second kappa shape index (κ2) is 3.65. The van der Waals surface area contributed by atoms with Gasteiger partial charge in [-0.2, -0.15) is 5.26 Å². The van der Waals surface area contributed by atoms with Crippen LogP contribution >= 0.6 is 22.3 Å². The third kappa shape index (κ3) is 2.10. The van der Waals surface area contributed by atoms with Crippen molar-refractivity contribution in [1.82, 2.24) is 0 Å². The van der Waals surface area contributed by atoms with Crippen LogP contribution in [0.5, 0.6) is 5.75 Å². The fourth-order valence-corrected chi connectivity index (χ4v) is 1.74. The lowest BCUT2D eigenvalue weighted by molar-refractivity contribution is 0.473. The van der Waals surface area contributed by atoms with Crippen molar-refractivity contribution >= 4 is 31.3 Å². The molecule has 4 nitrogen and oxygen atoms in total. The van der Waals surface area contributed by atoms with Gasteiger partial charge in [0.1, 0.15) is 16.8 Å². The van der Waals surface area contributed by atoms with Crippen LogP contribution in [0, 0.1) is 11.3 Å². The van der Waals surface area contributed by atoms with E-state index in [2.05, 4.69) is 0 Å². The molecule has 0 aliphatic heterocycles. The lowest BCUT2D eigenvalue weighted by atomic mass is 10.2. The van der Waals surface area contributed by atoms with Crippen LogP contribution in [0.1, 0.15) is 5.56 Å². The first-order valence-corrected chi connectivity index (χ1v) is 5.92. The Balaban J connectivity index is 3.56. The van der Waals surface area contributed by atoms with Gasteiger partial charge in [-0.3, -0.25) is 0 Å². The van der Waals surface area contributed by atoms with Crippen molar-refractivity contribution in [3.05, 3.63) is 22.7 Å². The summed E-state index contributed by atoms with van der Waals surface area (Å²) >= 11 is 5.51. The number of aromatic hydroxyl groups is 1. The van der Waals surface area contributed by atoms with E-state index in [1.54, 1.807) is 6.07 Å². The fraction of sp³-hybridized carbons (Fsp3) is 0. The molecule has 1 N–H and O–H groups in total. The van der Waals surface area contributed by atoms with Gasteiger partial charge >= 0.3 is 0 Å². The molecule has 74 valence electrons. The summed E-state index contributed by atoms with van der Waals surface area (Å²) in [7, 11) is 1.05. The van der Waals surface area contributed by atoms with E-state index in [0.29, 0.717) is 0 Å². The van der Waals surface area contributed by atoms with E-state index >= 15 is 0 Å². The maximum Gasteiger partial charge on any atom is 0.261 e. The van der Waals surface area contributed by atoms with E-state index in [0.717, 1.165) is 12.1 Å². The first-order valence-electron chi connectivity index (χ1n) is 3.23. The molecule has 1 rings (SSSR count). The van der Waals surface area contributed by atoms with E-state index in [1.807, 2.05) is 0 Å². The SMILES string of the molecule is N#Cc1cc(S(=O)(=O)Cl)cc(O)c1Cl. The molecule has 0 heterocycles. The Morgan fingerprint density at radius 2 is 2.00 bits per heavy atom. The Kier molecular flexibility index (Phi) is 2.90. The summed E-state index contributed by atoms with van der Waals surface area (Å²) in [5, 5.41) is 17.5. The van der Waals surface area contributed by atoms with Crippen LogP contribution in [0.3, 0.4) is 0 Å². The minimum absolute atomic E-state index is 0.147. The van der Waals surface area contributed by atoms with E-state index < -0.39 is 14.8 Å². The zero-order valence-electron chi connectivity index (χ0n) is 6.53. The minimum atomic E-state index is -3.97. The monoisotopic (exact) mass is 251 g/mol. The van der Waals surface area contributed by atoms with Crippen molar-refractivity contribution in [2.24, 2.45) is 0 Å². The molecule has 0 amide bonds. The van der Waals surface area contributed by atoms with Crippen LogP contribution in [-0.2, 0) is 9.05 Å². The molecule has 0 radical (unpaired) electrons. The quantitative estimate of drug-likeness (QED) is 0.773. The predicted octanol–water partition coefficient (Wildman–Crippen LogP) is 1.84. The molecule has 0 aromatic heterocycles. The molecule has 0 fully saturated rings. The lowest BCUT2D eigenvalue weighted by Gasteiger charge is -2.01. The van der Waals surface area contributed by atoms with Gasteiger partial charge in [-0.25, -0.2) is 8.42 Å². The van der Waals surface area contributed by atoms with Gasteiger partial charge in [0.05, 0.1) is 10.5 Å². The average molecular weight is 252 g/mol. The zero-order valence-corrected chi connectivity index (χ0v) is 8.86. The molecule has 0 aliphatic carbocycles. The van der Waals surface area contributed by atoms with Crippen LogP contribution in [0.25, 0.3) is 0 Å². The van der Waals surface area contributed by atoms with Gasteiger partial charge in [-0.1, -0.05) is 11.6 Å². The van der Waals surface area contributed by atoms with E-state index in [4.69, 9.17) is 32.7 Å². The zero-order chi connectivity index (χ0) is 10.9. The van der Waals surface area contributed by atoms with Gasteiger partial charge in [0.2, 0.25) is 0 Å². The number of phenolic OH excluding ortho intramolecular Hbond substituents is 1. The summed E-state index contributed by atoms with van der Waals surface area (Å²) in [5.74, 6) is -0.495. The molecule has 14 heavy (non-hydrogen) atoms. The standard InChI is InChI=1S/C7H3Cl2NO3S/c8-7-4(3-10)1-5(2-6(7)11)14(9,12)13/h1-2,11H. The Morgan fingerprint density at radius 1 is 1.43 bits per heavy atom. The molecule has 0 saturated carbocycles. The van der Waals surface area contributed by atoms with Crippen molar-refractivity contribution in [3.8, 4) is 11.8 Å². The predicted molar refractivity (Wildman–Crippen MR) is 50.9 cm³/mol. The maximum atomic E-state index is 10.9. The summed E-state index contributed by atoms with van der Waals surface area (Å²) in [6, 6.07) is 3.50. The van der Waals surface area contributed by atoms with Crippen molar-refractivity contribution < 1.29 is 13.5 Å². The van der Waals surface area contributed by atoms with Crippen LogP contribution in [0.4, 0.5) is 0 Å². The van der Waals surface area contributed by atoms with Gasteiger partial charge in [-0.05, 0) is 6.07 Å². The Bertz CT molecular complexity index is 518. The summed E-state index contributed by atoms with van der Waals surface area (Å²) in [4.78, 5) is -0.363. The number of halogens is 2. The third-order valence-electron chi connectivity index (χ3n) is 1.43. The number of hydrogen-bond donors (Lipinski definition) is 1. The Morgan fingerprint density at radius 3 is 2.43 bits per heavy atom. The topological polar surface area (TPSA) is 78.2 Å². The highest BCUT2D eigenvalue weighted by Crippen LogP contribution is 2.31. The van der Waals surface area contributed by atoms with Gasteiger partial charge in [0.15, 0.2) is 0 Å². The Labute approximate surface area is 89.7 Å². The summed E-state index contributed by atoms with van der Waals surface area (Å²) in [6.07, 6.45) is 0. The number of nitrogens with zero attached hydrogens (tertiary/aromatic N) is 1. The van der Waals surface area contributed by atoms with E-state index in [1.165, 1.54) is 0 Å². The highest BCUT2D eigenvalue weighted by molar-refractivity contribution is 8.13. The number of phenols is 1. The molecule has 0 unspecified atom stereocenters. The van der Waals surface area contributed by atoms with Crippen LogP contribution < -0.4 is 0 Å². The lowest BCUT2D eigenvalue weighted by Crippen LogP contribution is -1.92. The van der Waals surface area contributed by atoms with Crippen molar-refractivity contribution in [3.63, 3.8) is 0 Å². The summed E-state index contributed by atoms with van der Waals surface area (Å²) in [5.41, 5.74) is -0.147. The smallest absolute Gasteiger partial charge is 0.261 e. The first kappa shape index (κ1) is 11.1. The number of nitriles is 1. The molecule has 1 aromatic rings. The average Bonchev–Trinajstić information content (AvgIpc) is 2.07. The van der Waals surface area contributed by atoms with Gasteiger partial charge in [0, 0.05) is 16.7 Å². The Hall–Kier alpha value is -0.960. The molecular formula is C7H3Cl2NO3S. The summed E-state index contributed by atoms with van der Waals surface area (Å²) < 4.78 is 21.7. The highest BCUT2D eigenvalue weighted by Gasteiger charge is 2.15. The number of benzene rings is 1. The van der Waals surface area contributed by atoms with Gasteiger partial charge in [-0.15, -0.1) is 0 Å². The van der Waals surface area contributed by atoms with E-state index in [-0.39, 0.29) is 15.5 Å². The maximum absolute atomic E-state index is 10.9. The molecule has 7 heteroatoms. The normalized spacial score (nSPS) is 10.9. The second-order valence-corrected chi connectivity index (χ2v) is 5.30. The highest BCUT2D eigenvalue weighted by atomic mass is 35.7. The largest absolute Gasteiger partial charge is 0.506 e. The molecule has 0 aliphatic rings. The van der Waals surface area contributed by atoms with Crippen molar-refractivity contribution in [2.45, 2.75) is 4.90 Å². The van der Waals surface area contributed by atoms with Crippen LogP contribution in [0.2, 0.25) is 5.02 Å². The molecule has 0 bridgehead atoms. The molecule has 0 saturated heterocycles. The van der Waals surface area contributed by atoms with Gasteiger partial charge < -0.3 is 5.11 Å². The molecular weight excluding hydrogens is 249 g/mol. The van der Waals surface area contributed by atoms with Crippen molar-refractivity contribution in [2.75, 3.05) is 0 Å². The van der Waals surface area contributed by atoms with E-state index in [9.17, 15) is 8.42 Å².